The van der Waals surface area contributed by atoms with Crippen LogP contribution in [0.1, 0.15) is 11.1 Å². The molecule has 0 radical (unpaired) electrons. The van der Waals surface area contributed by atoms with Crippen LogP contribution in [0, 0.1) is 20.4 Å². The molecule has 0 aliphatic heterocycles. The molecule has 0 spiro atoms. The van der Waals surface area contributed by atoms with E-state index in [4.69, 9.17) is 11.0 Å². The third-order valence-electron chi connectivity index (χ3n) is 8.98. The summed E-state index contributed by atoms with van der Waals surface area (Å²) >= 11 is 0. The number of hydrogen-bond donors (Lipinski definition) is 0. The minimum atomic E-state index is -2.08. The summed E-state index contributed by atoms with van der Waals surface area (Å²) < 4.78 is 9.02. The van der Waals surface area contributed by atoms with Crippen molar-refractivity contribution >= 4 is 70.2 Å². The molecule has 6 aromatic rings. The molecular weight excluding hydrogens is 533 g/mol. The van der Waals surface area contributed by atoms with Crippen molar-refractivity contribution in [1.29, 1.82) is 0 Å². The Balaban J connectivity index is 1.77. The number of aromatic nitrogens is 1. The summed E-state index contributed by atoms with van der Waals surface area (Å²) in [5.74, 6) is 0. The molecule has 0 N–H and O–H groups in total. The minimum Gasteiger partial charge on any atom is -0.456 e. The maximum absolute atomic E-state index is 7.50. The van der Waals surface area contributed by atoms with E-state index in [0.29, 0.717) is 5.69 Å². The van der Waals surface area contributed by atoms with Gasteiger partial charge in [-0.3, -0.25) is 0 Å². The predicted molar refractivity (Wildman–Crippen MR) is 180 cm³/mol. The van der Waals surface area contributed by atoms with Crippen LogP contribution in [0.15, 0.2) is 83.3 Å². The van der Waals surface area contributed by atoms with Crippen LogP contribution in [0.3, 0.4) is 0 Å². The zero-order valence-corrected chi connectivity index (χ0v) is 27.3. The number of rotatable bonds is 4. The van der Waals surface area contributed by atoms with Gasteiger partial charge in [0.15, 0.2) is 5.69 Å². The standard InChI is InChI=1S/C36H37N2OSi2/c1-23-19-30-28-17-15-25(37-3)20-33(28)39-36(30)35(24(23)2)32-22-34(41(8,9)26-13-11-10-12-14-26)29-18-16-27(40(5,6)7)21-31(29)38(32)4/h10-22H,1-2,4-9H3/q+1. The van der Waals surface area contributed by atoms with Gasteiger partial charge < -0.3 is 4.42 Å². The van der Waals surface area contributed by atoms with Crippen molar-refractivity contribution in [3.05, 3.63) is 101 Å². The Kier molecular flexibility index (Phi) is 6.33. The fourth-order valence-corrected chi connectivity index (χ4v) is 10.1. The summed E-state index contributed by atoms with van der Waals surface area (Å²) in [4.78, 5) is 3.64. The Morgan fingerprint density at radius 1 is 0.756 bits per heavy atom. The molecule has 0 fully saturated rings. The molecule has 0 aliphatic carbocycles. The van der Waals surface area contributed by atoms with Crippen LogP contribution >= 0.6 is 0 Å². The van der Waals surface area contributed by atoms with Crippen LogP contribution in [0.5, 0.6) is 0 Å². The highest BCUT2D eigenvalue weighted by atomic mass is 28.3. The van der Waals surface area contributed by atoms with Gasteiger partial charge in [-0.2, -0.15) is 4.57 Å². The first-order valence-electron chi connectivity index (χ1n) is 14.3. The number of nitrogens with zero attached hydrogens (tertiary/aromatic N) is 2. The zero-order valence-electron chi connectivity index (χ0n) is 25.3. The molecule has 3 nitrogen and oxygen atoms in total. The molecule has 2 aromatic heterocycles. The maximum atomic E-state index is 7.50. The van der Waals surface area contributed by atoms with Crippen molar-refractivity contribution in [3.8, 4) is 11.3 Å². The van der Waals surface area contributed by atoms with Crippen molar-refractivity contribution in [1.82, 2.24) is 0 Å². The van der Waals surface area contributed by atoms with E-state index in [-0.39, 0.29) is 0 Å². The molecule has 5 heteroatoms. The van der Waals surface area contributed by atoms with Crippen molar-refractivity contribution < 1.29 is 8.98 Å². The fraction of sp³-hybridized carbons (Fsp3) is 0.222. The van der Waals surface area contributed by atoms with Crippen molar-refractivity contribution in [2.24, 2.45) is 7.05 Å². The molecule has 6 rings (SSSR count). The molecule has 0 unspecified atom stereocenters. The van der Waals surface area contributed by atoms with Gasteiger partial charge in [0.05, 0.1) is 20.2 Å². The van der Waals surface area contributed by atoms with E-state index in [1.54, 1.807) is 0 Å². The first-order chi connectivity index (χ1) is 19.4. The van der Waals surface area contributed by atoms with Gasteiger partial charge in [-0.25, -0.2) is 4.85 Å². The Morgan fingerprint density at radius 2 is 1.46 bits per heavy atom. The number of aryl methyl sites for hydroxylation is 2. The number of benzene rings is 4. The molecule has 204 valence electrons. The third-order valence-corrected chi connectivity index (χ3v) is 14.6. The average molecular weight is 570 g/mol. The lowest BCUT2D eigenvalue weighted by molar-refractivity contribution is -0.633. The number of furan rings is 1. The van der Waals surface area contributed by atoms with Crippen LogP contribution in [-0.4, -0.2) is 16.1 Å². The first-order valence-corrected chi connectivity index (χ1v) is 20.8. The highest BCUT2D eigenvalue weighted by Crippen LogP contribution is 2.40. The summed E-state index contributed by atoms with van der Waals surface area (Å²) in [7, 11) is -1.41. The Hall–Kier alpha value is -3.99. The zero-order chi connectivity index (χ0) is 29.3. The summed E-state index contributed by atoms with van der Waals surface area (Å²) in [6, 6.07) is 28.7. The van der Waals surface area contributed by atoms with Crippen molar-refractivity contribution in [3.63, 3.8) is 0 Å². The molecular formula is C36H37N2OSi2+. The molecule has 0 bridgehead atoms. The Labute approximate surface area is 244 Å². The molecule has 0 saturated carbocycles. The van der Waals surface area contributed by atoms with E-state index >= 15 is 0 Å². The second-order valence-electron chi connectivity index (χ2n) is 12.9. The van der Waals surface area contributed by atoms with Crippen LogP contribution in [0.2, 0.25) is 32.7 Å². The monoisotopic (exact) mass is 569 g/mol. The number of hydrogen-bond acceptors (Lipinski definition) is 1. The van der Waals surface area contributed by atoms with E-state index in [1.165, 1.54) is 43.3 Å². The lowest BCUT2D eigenvalue weighted by Gasteiger charge is -2.26. The molecule has 0 aliphatic rings. The van der Waals surface area contributed by atoms with Gasteiger partial charge >= 0.3 is 0 Å². The molecule has 0 amide bonds. The van der Waals surface area contributed by atoms with E-state index in [9.17, 15) is 0 Å². The van der Waals surface area contributed by atoms with Crippen LogP contribution < -0.4 is 20.1 Å². The third kappa shape index (κ3) is 4.34. The minimum absolute atomic E-state index is 0.597. The highest BCUT2D eigenvalue weighted by molar-refractivity contribution is 7.01. The molecule has 4 aromatic carbocycles. The lowest BCUT2D eigenvalue weighted by atomic mass is 9.96. The van der Waals surface area contributed by atoms with Gasteiger partial charge in [0, 0.05) is 28.3 Å². The topological polar surface area (TPSA) is 21.4 Å². The first kappa shape index (κ1) is 27.2. The SMILES string of the molecule is [C-]#[N+]c1ccc2c(c1)oc1c(-c3cc([Si](C)(C)c4ccccc4)c4ccc([Si](C)(C)C)cc4[n+]3C)c(C)c(C)cc12. The van der Waals surface area contributed by atoms with Gasteiger partial charge in [0.1, 0.15) is 26.3 Å². The van der Waals surface area contributed by atoms with Gasteiger partial charge in [0.2, 0.25) is 11.2 Å². The lowest BCUT2D eigenvalue weighted by Crippen LogP contribution is -2.54. The van der Waals surface area contributed by atoms with Crippen LogP contribution in [-0.2, 0) is 7.05 Å². The van der Waals surface area contributed by atoms with Gasteiger partial charge in [-0.15, -0.1) is 0 Å². The van der Waals surface area contributed by atoms with E-state index in [2.05, 4.69) is 124 Å². The molecule has 0 atom stereocenters. The van der Waals surface area contributed by atoms with E-state index in [0.717, 1.165) is 27.5 Å². The second-order valence-corrected chi connectivity index (χ2v) is 22.4. The fourth-order valence-electron chi connectivity index (χ4n) is 6.22. The summed E-state index contributed by atoms with van der Waals surface area (Å²) in [5, 5.41) is 7.83. The van der Waals surface area contributed by atoms with Gasteiger partial charge in [-0.05, 0) is 48.4 Å². The molecule has 41 heavy (non-hydrogen) atoms. The van der Waals surface area contributed by atoms with Gasteiger partial charge in [-0.1, -0.05) is 91.6 Å². The second kappa shape index (κ2) is 9.54. The van der Waals surface area contributed by atoms with Gasteiger partial charge in [0.25, 0.3) is 0 Å². The summed E-state index contributed by atoms with van der Waals surface area (Å²) in [6.45, 7) is 24.1. The Morgan fingerprint density at radius 3 is 2.15 bits per heavy atom. The number of fused-ring (bicyclic) bond motifs is 4. The molecule has 2 heterocycles. The maximum Gasteiger partial charge on any atom is 0.216 e. The average Bonchev–Trinajstić information content (AvgIpc) is 3.31. The summed E-state index contributed by atoms with van der Waals surface area (Å²) in [6.07, 6.45) is 0. The van der Waals surface area contributed by atoms with E-state index in [1.807, 2.05) is 18.2 Å². The highest BCUT2D eigenvalue weighted by Gasteiger charge is 2.34. The predicted octanol–water partition coefficient (Wildman–Crippen LogP) is 7.77. The van der Waals surface area contributed by atoms with Crippen molar-refractivity contribution in [2.75, 3.05) is 0 Å². The van der Waals surface area contributed by atoms with Crippen molar-refractivity contribution in [2.45, 2.75) is 46.6 Å². The smallest absolute Gasteiger partial charge is 0.216 e. The Bertz CT molecular complexity index is 2040. The summed E-state index contributed by atoms with van der Waals surface area (Å²) in [5.41, 5.74) is 8.31. The van der Waals surface area contributed by atoms with Crippen LogP contribution in [0.4, 0.5) is 5.69 Å². The number of pyridine rings is 1. The molecule has 0 saturated heterocycles. The van der Waals surface area contributed by atoms with Crippen LogP contribution in [0.25, 0.3) is 48.9 Å². The quantitative estimate of drug-likeness (QED) is 0.121. The van der Waals surface area contributed by atoms with E-state index < -0.39 is 16.1 Å². The normalized spacial score (nSPS) is 12.4. The largest absolute Gasteiger partial charge is 0.456 e.